The molecule has 1 aromatic rings. The molecule has 1 aromatic carbocycles. The molecular weight excluding hydrogens is 172 g/mol. The molecule has 0 atom stereocenters. The van der Waals surface area contributed by atoms with Crippen LogP contribution in [0.2, 0.25) is 0 Å². The highest BCUT2D eigenvalue weighted by atomic mass is 15.1. The van der Waals surface area contributed by atoms with Gasteiger partial charge in [-0.25, -0.2) is 0 Å². The molecule has 0 saturated carbocycles. The number of rotatable bonds is 3. The Morgan fingerprint density at radius 1 is 1.29 bits per heavy atom. The number of hydrogen-bond acceptors (Lipinski definition) is 2. The monoisotopic (exact) mass is 190 g/mol. The second-order valence-corrected chi connectivity index (χ2v) is 3.69. The van der Waals surface area contributed by atoms with E-state index in [1.165, 1.54) is 23.4 Å². The Bertz CT molecular complexity index is 316. The largest absolute Gasteiger partial charge is 0.384 e. The van der Waals surface area contributed by atoms with Crippen LogP contribution in [0.25, 0.3) is 0 Å². The predicted molar refractivity (Wildman–Crippen MR) is 62.2 cm³/mol. The minimum absolute atomic E-state index is 1.09. The van der Waals surface area contributed by atoms with Crippen molar-refractivity contribution in [3.8, 4) is 0 Å². The third-order valence-corrected chi connectivity index (χ3v) is 2.93. The lowest BCUT2D eigenvalue weighted by atomic mass is 10.1. The molecule has 0 fully saturated rings. The number of fused-ring (bicyclic) bond motifs is 1. The molecule has 2 heteroatoms. The molecule has 0 bridgehead atoms. The van der Waals surface area contributed by atoms with Crippen molar-refractivity contribution in [3.63, 3.8) is 0 Å². The number of hydrogen-bond donors (Lipinski definition) is 1. The zero-order chi connectivity index (χ0) is 9.97. The van der Waals surface area contributed by atoms with Gasteiger partial charge in [0.25, 0.3) is 0 Å². The molecule has 0 aliphatic carbocycles. The van der Waals surface area contributed by atoms with Gasteiger partial charge in [0.15, 0.2) is 0 Å². The van der Waals surface area contributed by atoms with Crippen LogP contribution < -0.4 is 10.2 Å². The van der Waals surface area contributed by atoms with E-state index < -0.39 is 0 Å². The van der Waals surface area contributed by atoms with Gasteiger partial charge in [-0.15, -0.1) is 0 Å². The van der Waals surface area contributed by atoms with E-state index in [1.54, 1.807) is 0 Å². The van der Waals surface area contributed by atoms with Gasteiger partial charge in [0.1, 0.15) is 0 Å². The Hall–Kier alpha value is -1.18. The van der Waals surface area contributed by atoms with Gasteiger partial charge in [-0.3, -0.25) is 0 Å². The summed E-state index contributed by atoms with van der Waals surface area (Å²) in [7, 11) is 0. The van der Waals surface area contributed by atoms with E-state index in [2.05, 4.69) is 42.3 Å². The van der Waals surface area contributed by atoms with E-state index in [1.807, 2.05) is 0 Å². The molecule has 2 nitrogen and oxygen atoms in total. The van der Waals surface area contributed by atoms with Crippen LogP contribution in [0.4, 0.5) is 11.4 Å². The van der Waals surface area contributed by atoms with E-state index in [9.17, 15) is 0 Å². The molecule has 0 amide bonds. The van der Waals surface area contributed by atoms with Crippen molar-refractivity contribution < 1.29 is 0 Å². The first-order chi connectivity index (χ1) is 6.85. The van der Waals surface area contributed by atoms with Gasteiger partial charge in [0.2, 0.25) is 0 Å². The summed E-state index contributed by atoms with van der Waals surface area (Å²) >= 11 is 0. The molecule has 0 unspecified atom stereocenters. The molecule has 1 aliphatic rings. The molecule has 1 aliphatic heterocycles. The quantitative estimate of drug-likeness (QED) is 0.787. The van der Waals surface area contributed by atoms with E-state index >= 15 is 0 Å². The number of anilines is 2. The minimum atomic E-state index is 1.09. The fraction of sp³-hybridized carbons (Fsp3) is 0.500. The Morgan fingerprint density at radius 2 is 2.07 bits per heavy atom. The molecule has 0 saturated heterocycles. The number of nitrogens with one attached hydrogen (secondary N) is 1. The molecule has 2 rings (SSSR count). The van der Waals surface area contributed by atoms with Crippen molar-refractivity contribution in [1.29, 1.82) is 0 Å². The van der Waals surface area contributed by atoms with Crippen LogP contribution in [0.15, 0.2) is 18.2 Å². The van der Waals surface area contributed by atoms with E-state index in [0.717, 1.165) is 19.6 Å². The highest BCUT2D eigenvalue weighted by Gasteiger charge is 2.11. The predicted octanol–water partition coefficient (Wildman–Crippen LogP) is 2.50. The highest BCUT2D eigenvalue weighted by Crippen LogP contribution is 2.27. The van der Waals surface area contributed by atoms with Crippen molar-refractivity contribution in [2.24, 2.45) is 0 Å². The lowest BCUT2D eigenvalue weighted by Gasteiger charge is -2.21. The summed E-state index contributed by atoms with van der Waals surface area (Å²) in [5.74, 6) is 0. The molecule has 14 heavy (non-hydrogen) atoms. The minimum Gasteiger partial charge on any atom is -0.384 e. The summed E-state index contributed by atoms with van der Waals surface area (Å²) in [5.41, 5.74) is 4.15. The maximum Gasteiger partial charge on any atom is 0.0375 e. The summed E-state index contributed by atoms with van der Waals surface area (Å²) in [6.07, 6.45) is 1.17. The first-order valence-electron chi connectivity index (χ1n) is 5.47. The molecule has 0 spiro atoms. The third kappa shape index (κ3) is 1.57. The van der Waals surface area contributed by atoms with Crippen molar-refractivity contribution >= 4 is 11.4 Å². The van der Waals surface area contributed by atoms with Crippen molar-refractivity contribution in [2.45, 2.75) is 20.3 Å². The Labute approximate surface area is 85.9 Å². The zero-order valence-electron chi connectivity index (χ0n) is 9.01. The van der Waals surface area contributed by atoms with Crippen LogP contribution in [0, 0.1) is 0 Å². The fourth-order valence-electron chi connectivity index (χ4n) is 2.08. The summed E-state index contributed by atoms with van der Waals surface area (Å²) in [6.45, 7) is 7.67. The smallest absolute Gasteiger partial charge is 0.0375 e. The normalized spacial score (nSPS) is 13.6. The van der Waals surface area contributed by atoms with Crippen LogP contribution in [0.1, 0.15) is 19.4 Å². The molecule has 76 valence electrons. The van der Waals surface area contributed by atoms with E-state index in [0.29, 0.717) is 0 Å². The average Bonchev–Trinajstić information content (AvgIpc) is 2.66. The van der Waals surface area contributed by atoms with Crippen LogP contribution in [0.3, 0.4) is 0 Å². The summed E-state index contributed by atoms with van der Waals surface area (Å²) in [5, 5.41) is 3.38. The second kappa shape index (κ2) is 3.91. The maximum absolute atomic E-state index is 3.38. The van der Waals surface area contributed by atoms with E-state index in [-0.39, 0.29) is 0 Å². The van der Waals surface area contributed by atoms with Gasteiger partial charge in [0, 0.05) is 31.0 Å². The van der Waals surface area contributed by atoms with Crippen LogP contribution >= 0.6 is 0 Å². The van der Waals surface area contributed by atoms with Gasteiger partial charge < -0.3 is 10.2 Å². The lowest BCUT2D eigenvalue weighted by molar-refractivity contribution is 0.865. The fourth-order valence-corrected chi connectivity index (χ4v) is 2.08. The van der Waals surface area contributed by atoms with Gasteiger partial charge in [0.05, 0.1) is 0 Å². The molecule has 1 N–H and O–H groups in total. The van der Waals surface area contributed by atoms with Gasteiger partial charge in [-0.2, -0.15) is 0 Å². The van der Waals surface area contributed by atoms with Crippen molar-refractivity contribution in [3.05, 3.63) is 23.8 Å². The number of nitrogens with zero attached hydrogens (tertiary/aromatic N) is 1. The van der Waals surface area contributed by atoms with Crippen molar-refractivity contribution in [2.75, 3.05) is 29.9 Å². The molecular formula is C12H18N2. The first-order valence-corrected chi connectivity index (χ1v) is 5.47. The van der Waals surface area contributed by atoms with Crippen molar-refractivity contribution in [1.82, 2.24) is 0 Å². The second-order valence-electron chi connectivity index (χ2n) is 3.69. The first kappa shape index (κ1) is 9.38. The Kier molecular flexibility index (Phi) is 2.62. The average molecular weight is 190 g/mol. The molecule has 1 heterocycles. The summed E-state index contributed by atoms with van der Waals surface area (Å²) < 4.78 is 0. The lowest BCUT2D eigenvalue weighted by Crippen LogP contribution is -2.21. The molecule has 0 aromatic heterocycles. The molecule has 0 radical (unpaired) electrons. The standard InChI is InChI=1S/C12H18N2/c1-3-14(4-2)11-5-6-12-10(9-11)7-8-13-12/h5-6,9,13H,3-4,7-8H2,1-2H3. The topological polar surface area (TPSA) is 15.3 Å². The van der Waals surface area contributed by atoms with Crippen LogP contribution in [0.5, 0.6) is 0 Å². The van der Waals surface area contributed by atoms with Gasteiger partial charge >= 0.3 is 0 Å². The van der Waals surface area contributed by atoms with Crippen LogP contribution in [-0.4, -0.2) is 19.6 Å². The van der Waals surface area contributed by atoms with Gasteiger partial charge in [-0.1, -0.05) is 0 Å². The Morgan fingerprint density at radius 3 is 2.79 bits per heavy atom. The Balaban J connectivity index is 2.27. The van der Waals surface area contributed by atoms with Gasteiger partial charge in [-0.05, 0) is 44.0 Å². The highest BCUT2D eigenvalue weighted by molar-refractivity contribution is 5.63. The summed E-state index contributed by atoms with van der Waals surface area (Å²) in [4.78, 5) is 2.39. The summed E-state index contributed by atoms with van der Waals surface area (Å²) in [6, 6.07) is 6.74. The third-order valence-electron chi connectivity index (χ3n) is 2.93. The van der Waals surface area contributed by atoms with Crippen LogP contribution in [-0.2, 0) is 6.42 Å². The SMILES string of the molecule is CCN(CC)c1ccc2c(c1)CCN2. The zero-order valence-corrected chi connectivity index (χ0v) is 9.01. The number of benzene rings is 1. The maximum atomic E-state index is 3.38. The van der Waals surface area contributed by atoms with E-state index in [4.69, 9.17) is 0 Å².